The lowest BCUT2D eigenvalue weighted by Gasteiger charge is -2.23. The maximum Gasteiger partial charge on any atom is 0.146 e. The van der Waals surface area contributed by atoms with Gasteiger partial charge < -0.3 is 4.43 Å². The van der Waals surface area contributed by atoms with Crippen molar-refractivity contribution >= 4 is 10.5 Å². The standard InChI is InChI=1S/C11H18OSi/c13-12-11(9-5-1-2-6-9)10-7-3-4-8-10/h1-2,5,10-11H,3-4,6-8H2,13H3. The molecule has 1 atom stereocenters. The first-order valence-corrected chi connectivity index (χ1v) is 6.12. The second-order valence-electron chi connectivity index (χ2n) is 4.07. The molecule has 2 aliphatic carbocycles. The highest BCUT2D eigenvalue weighted by molar-refractivity contribution is 5.98. The van der Waals surface area contributed by atoms with Crippen LogP contribution in [0.1, 0.15) is 32.1 Å². The van der Waals surface area contributed by atoms with Gasteiger partial charge in [0.2, 0.25) is 0 Å². The van der Waals surface area contributed by atoms with Gasteiger partial charge in [-0.3, -0.25) is 0 Å². The van der Waals surface area contributed by atoms with Gasteiger partial charge in [0.15, 0.2) is 0 Å². The van der Waals surface area contributed by atoms with E-state index in [0.29, 0.717) is 6.10 Å². The Morgan fingerprint density at radius 1 is 1.38 bits per heavy atom. The van der Waals surface area contributed by atoms with Gasteiger partial charge in [-0.05, 0) is 30.8 Å². The van der Waals surface area contributed by atoms with Crippen molar-refractivity contribution in [3.8, 4) is 0 Å². The fourth-order valence-electron chi connectivity index (χ4n) is 2.58. The average Bonchev–Trinajstić information content (AvgIpc) is 2.76. The zero-order chi connectivity index (χ0) is 9.10. The first-order valence-electron chi connectivity index (χ1n) is 5.30. The van der Waals surface area contributed by atoms with E-state index in [2.05, 4.69) is 18.2 Å². The van der Waals surface area contributed by atoms with E-state index in [4.69, 9.17) is 4.43 Å². The summed E-state index contributed by atoms with van der Waals surface area (Å²) in [4.78, 5) is 0. The van der Waals surface area contributed by atoms with Crippen molar-refractivity contribution < 1.29 is 4.43 Å². The van der Waals surface area contributed by atoms with E-state index >= 15 is 0 Å². The summed E-state index contributed by atoms with van der Waals surface area (Å²) in [6, 6.07) is 0. The number of allylic oxidation sites excluding steroid dienone is 3. The summed E-state index contributed by atoms with van der Waals surface area (Å²) in [6.45, 7) is 0. The fourth-order valence-corrected chi connectivity index (χ4v) is 3.27. The minimum absolute atomic E-state index is 0.462. The van der Waals surface area contributed by atoms with Crippen LogP contribution >= 0.6 is 0 Å². The number of hydrogen-bond donors (Lipinski definition) is 0. The SMILES string of the molecule is [SiH3]OC(C1=CC=CC1)C1CCCC1. The van der Waals surface area contributed by atoms with Crippen molar-refractivity contribution in [3.63, 3.8) is 0 Å². The summed E-state index contributed by atoms with van der Waals surface area (Å²) >= 11 is 0. The van der Waals surface area contributed by atoms with Crippen molar-refractivity contribution in [1.29, 1.82) is 0 Å². The second kappa shape index (κ2) is 4.25. The third-order valence-electron chi connectivity index (χ3n) is 3.25. The van der Waals surface area contributed by atoms with Crippen molar-refractivity contribution in [2.75, 3.05) is 0 Å². The highest BCUT2D eigenvalue weighted by atomic mass is 28.2. The lowest BCUT2D eigenvalue weighted by atomic mass is 9.94. The third kappa shape index (κ3) is 1.94. The number of rotatable bonds is 3. The number of hydrogen-bond acceptors (Lipinski definition) is 1. The molecule has 0 aromatic rings. The Hall–Kier alpha value is -0.343. The summed E-state index contributed by atoms with van der Waals surface area (Å²) in [6.07, 6.45) is 13.8. The van der Waals surface area contributed by atoms with Gasteiger partial charge in [0.25, 0.3) is 0 Å². The zero-order valence-electron chi connectivity index (χ0n) is 8.33. The molecule has 72 valence electrons. The molecule has 0 heterocycles. The van der Waals surface area contributed by atoms with Crippen molar-refractivity contribution in [3.05, 3.63) is 23.8 Å². The molecule has 0 radical (unpaired) electrons. The van der Waals surface area contributed by atoms with Crippen LogP contribution in [-0.4, -0.2) is 16.6 Å². The highest BCUT2D eigenvalue weighted by Crippen LogP contribution is 2.34. The molecule has 1 nitrogen and oxygen atoms in total. The Kier molecular flexibility index (Phi) is 3.01. The smallest absolute Gasteiger partial charge is 0.146 e. The normalized spacial score (nSPS) is 25.4. The van der Waals surface area contributed by atoms with Crippen LogP contribution in [-0.2, 0) is 4.43 Å². The molecular formula is C11H18OSi. The Morgan fingerprint density at radius 2 is 2.15 bits per heavy atom. The molecule has 0 aromatic heterocycles. The predicted octanol–water partition coefficient (Wildman–Crippen LogP) is 1.73. The molecule has 0 spiro atoms. The van der Waals surface area contributed by atoms with Crippen LogP contribution in [0.4, 0.5) is 0 Å². The second-order valence-corrected chi connectivity index (χ2v) is 4.55. The van der Waals surface area contributed by atoms with Gasteiger partial charge in [-0.1, -0.05) is 31.1 Å². The lowest BCUT2D eigenvalue weighted by Crippen LogP contribution is -2.22. The first-order chi connectivity index (χ1) is 6.42. The molecule has 1 saturated carbocycles. The maximum atomic E-state index is 5.75. The molecule has 1 fully saturated rings. The molecule has 0 aromatic carbocycles. The highest BCUT2D eigenvalue weighted by Gasteiger charge is 2.27. The maximum absolute atomic E-state index is 5.75. The predicted molar refractivity (Wildman–Crippen MR) is 58.6 cm³/mol. The van der Waals surface area contributed by atoms with Crippen LogP contribution in [0.3, 0.4) is 0 Å². The van der Waals surface area contributed by atoms with Gasteiger partial charge in [0.1, 0.15) is 10.5 Å². The summed E-state index contributed by atoms with van der Waals surface area (Å²) in [5, 5.41) is 0. The fraction of sp³-hybridized carbons (Fsp3) is 0.636. The summed E-state index contributed by atoms with van der Waals surface area (Å²) in [5.41, 5.74) is 1.52. The molecule has 0 N–H and O–H groups in total. The van der Waals surface area contributed by atoms with Gasteiger partial charge in [0, 0.05) is 0 Å². The third-order valence-corrected chi connectivity index (χ3v) is 3.76. The quantitative estimate of drug-likeness (QED) is 0.622. The van der Waals surface area contributed by atoms with E-state index in [1.165, 1.54) is 31.3 Å². The zero-order valence-corrected chi connectivity index (χ0v) is 10.3. The van der Waals surface area contributed by atoms with E-state index in [1.807, 2.05) is 0 Å². The van der Waals surface area contributed by atoms with E-state index in [1.54, 1.807) is 0 Å². The Labute approximate surface area is 83.4 Å². The van der Waals surface area contributed by atoms with Gasteiger partial charge in [-0.15, -0.1) is 0 Å². The molecule has 2 rings (SSSR count). The average molecular weight is 194 g/mol. The summed E-state index contributed by atoms with van der Waals surface area (Å²) in [5.74, 6) is 0.823. The van der Waals surface area contributed by atoms with Crippen LogP contribution in [0.15, 0.2) is 23.8 Å². The monoisotopic (exact) mass is 194 g/mol. The first kappa shape index (κ1) is 9.22. The molecule has 0 bridgehead atoms. The Bertz CT molecular complexity index is 226. The van der Waals surface area contributed by atoms with E-state index in [0.717, 1.165) is 22.8 Å². The van der Waals surface area contributed by atoms with E-state index < -0.39 is 0 Å². The summed E-state index contributed by atoms with van der Waals surface area (Å²) in [7, 11) is 0.873. The summed E-state index contributed by atoms with van der Waals surface area (Å²) < 4.78 is 5.75. The minimum atomic E-state index is 0.462. The van der Waals surface area contributed by atoms with Gasteiger partial charge in [0.05, 0.1) is 6.10 Å². The van der Waals surface area contributed by atoms with Crippen LogP contribution in [0, 0.1) is 5.92 Å². The molecule has 0 saturated heterocycles. The topological polar surface area (TPSA) is 9.23 Å². The van der Waals surface area contributed by atoms with E-state index in [-0.39, 0.29) is 0 Å². The van der Waals surface area contributed by atoms with Gasteiger partial charge in [-0.2, -0.15) is 0 Å². The van der Waals surface area contributed by atoms with Crippen LogP contribution < -0.4 is 0 Å². The molecule has 0 amide bonds. The molecular weight excluding hydrogens is 176 g/mol. The van der Waals surface area contributed by atoms with Crippen LogP contribution in [0.2, 0.25) is 0 Å². The van der Waals surface area contributed by atoms with Gasteiger partial charge >= 0.3 is 0 Å². The molecule has 0 aliphatic heterocycles. The largest absolute Gasteiger partial charge is 0.421 e. The van der Waals surface area contributed by atoms with Crippen molar-refractivity contribution in [2.24, 2.45) is 5.92 Å². The van der Waals surface area contributed by atoms with Crippen LogP contribution in [0.25, 0.3) is 0 Å². The van der Waals surface area contributed by atoms with Gasteiger partial charge in [-0.25, -0.2) is 0 Å². The minimum Gasteiger partial charge on any atom is -0.421 e. The Morgan fingerprint density at radius 3 is 2.69 bits per heavy atom. The van der Waals surface area contributed by atoms with E-state index in [9.17, 15) is 0 Å². The molecule has 2 aliphatic rings. The molecule has 1 unspecified atom stereocenters. The molecule has 13 heavy (non-hydrogen) atoms. The van der Waals surface area contributed by atoms with Crippen molar-refractivity contribution in [1.82, 2.24) is 0 Å². The molecule has 2 heteroatoms. The lowest BCUT2D eigenvalue weighted by molar-refractivity contribution is 0.183. The van der Waals surface area contributed by atoms with Crippen LogP contribution in [0.5, 0.6) is 0 Å². The Balaban J connectivity index is 1.99. The van der Waals surface area contributed by atoms with Crippen molar-refractivity contribution in [2.45, 2.75) is 38.2 Å².